The number of terminal acetylenes is 1. The molecule has 1 nitrogen and oxygen atoms in total. The van der Waals surface area contributed by atoms with E-state index >= 15 is 0 Å². The summed E-state index contributed by atoms with van der Waals surface area (Å²) in [4.78, 5) is 0. The molecule has 84 valence electrons. The van der Waals surface area contributed by atoms with Crippen molar-refractivity contribution in [3.8, 4) is 12.3 Å². The first-order chi connectivity index (χ1) is 7.74. The van der Waals surface area contributed by atoms with Crippen molar-refractivity contribution in [2.24, 2.45) is 0 Å². The Bertz CT molecular complexity index is 359. The van der Waals surface area contributed by atoms with Crippen LogP contribution in [0.2, 0.25) is 0 Å². The molecule has 0 N–H and O–H groups in total. The van der Waals surface area contributed by atoms with Crippen LogP contribution in [0, 0.1) is 12.3 Å². The minimum absolute atomic E-state index is 0.0660. The topological polar surface area (TPSA) is 9.23 Å². The Morgan fingerprint density at radius 2 is 2.12 bits per heavy atom. The summed E-state index contributed by atoms with van der Waals surface area (Å²) in [5.41, 5.74) is 2.21. The molecule has 0 saturated heterocycles. The zero-order valence-corrected chi connectivity index (χ0v) is 9.78. The third-order valence-electron chi connectivity index (χ3n) is 2.39. The summed E-state index contributed by atoms with van der Waals surface area (Å²) in [6, 6.07) is 10.1. The zero-order valence-electron chi connectivity index (χ0n) is 9.78. The first-order valence-electron chi connectivity index (χ1n) is 5.48. The quantitative estimate of drug-likeness (QED) is 0.519. The number of benzene rings is 1. The van der Waals surface area contributed by atoms with Gasteiger partial charge in [-0.2, -0.15) is 0 Å². The fraction of sp³-hybridized carbons (Fsp3) is 0.333. The van der Waals surface area contributed by atoms with Crippen molar-refractivity contribution in [1.29, 1.82) is 0 Å². The maximum Gasteiger partial charge on any atom is 0.0793 e. The number of ether oxygens (including phenoxy) is 1. The molecule has 0 spiro atoms. The highest BCUT2D eigenvalue weighted by Crippen LogP contribution is 2.13. The summed E-state index contributed by atoms with van der Waals surface area (Å²) >= 11 is 0. The van der Waals surface area contributed by atoms with E-state index in [0.717, 1.165) is 18.4 Å². The molecule has 0 aliphatic rings. The molecule has 0 heterocycles. The SMILES string of the molecule is C#CCCC(OCc1ccccc1)C(=C)C. The first-order valence-corrected chi connectivity index (χ1v) is 5.48. The van der Waals surface area contributed by atoms with Gasteiger partial charge >= 0.3 is 0 Å². The Labute approximate surface area is 98.1 Å². The smallest absolute Gasteiger partial charge is 0.0793 e. The van der Waals surface area contributed by atoms with Gasteiger partial charge in [-0.1, -0.05) is 42.5 Å². The van der Waals surface area contributed by atoms with E-state index in [9.17, 15) is 0 Å². The summed E-state index contributed by atoms with van der Waals surface area (Å²) in [5.74, 6) is 2.63. The van der Waals surface area contributed by atoms with Crippen LogP contribution in [0.4, 0.5) is 0 Å². The average molecular weight is 214 g/mol. The lowest BCUT2D eigenvalue weighted by atomic mass is 10.1. The molecule has 0 aliphatic carbocycles. The monoisotopic (exact) mass is 214 g/mol. The Morgan fingerprint density at radius 3 is 2.69 bits per heavy atom. The van der Waals surface area contributed by atoms with Gasteiger partial charge in [0, 0.05) is 6.42 Å². The highest BCUT2D eigenvalue weighted by molar-refractivity contribution is 5.13. The van der Waals surface area contributed by atoms with Gasteiger partial charge in [-0.3, -0.25) is 0 Å². The lowest BCUT2D eigenvalue weighted by Gasteiger charge is -2.17. The highest BCUT2D eigenvalue weighted by atomic mass is 16.5. The van der Waals surface area contributed by atoms with Crippen molar-refractivity contribution in [2.45, 2.75) is 32.5 Å². The van der Waals surface area contributed by atoms with Crippen LogP contribution in [0.3, 0.4) is 0 Å². The normalized spacial score (nSPS) is 11.8. The van der Waals surface area contributed by atoms with Gasteiger partial charge in [0.2, 0.25) is 0 Å². The molecule has 1 atom stereocenters. The molecular weight excluding hydrogens is 196 g/mol. The van der Waals surface area contributed by atoms with E-state index in [4.69, 9.17) is 11.2 Å². The van der Waals surface area contributed by atoms with E-state index in [1.807, 2.05) is 25.1 Å². The third-order valence-corrected chi connectivity index (χ3v) is 2.39. The van der Waals surface area contributed by atoms with E-state index in [2.05, 4.69) is 24.6 Å². The molecule has 1 heteroatoms. The Kier molecular flexibility index (Phi) is 5.39. The van der Waals surface area contributed by atoms with Gasteiger partial charge < -0.3 is 4.74 Å². The highest BCUT2D eigenvalue weighted by Gasteiger charge is 2.08. The molecule has 0 amide bonds. The molecule has 0 radical (unpaired) electrons. The van der Waals surface area contributed by atoms with Crippen LogP contribution < -0.4 is 0 Å². The maximum atomic E-state index is 5.80. The standard InChI is InChI=1S/C15H18O/c1-4-5-11-15(13(2)3)16-12-14-9-7-6-8-10-14/h1,6-10,15H,2,5,11-12H2,3H3. The van der Waals surface area contributed by atoms with Crippen molar-refractivity contribution < 1.29 is 4.74 Å². The van der Waals surface area contributed by atoms with Crippen molar-refractivity contribution in [1.82, 2.24) is 0 Å². The predicted octanol–water partition coefficient (Wildman–Crippen LogP) is 3.56. The second-order valence-corrected chi connectivity index (χ2v) is 3.87. The van der Waals surface area contributed by atoms with Gasteiger partial charge in [-0.25, -0.2) is 0 Å². The Morgan fingerprint density at radius 1 is 1.44 bits per heavy atom. The minimum Gasteiger partial charge on any atom is -0.369 e. The second-order valence-electron chi connectivity index (χ2n) is 3.87. The van der Waals surface area contributed by atoms with E-state index < -0.39 is 0 Å². The second kappa shape index (κ2) is 6.87. The van der Waals surface area contributed by atoms with Crippen LogP contribution in [0.5, 0.6) is 0 Å². The van der Waals surface area contributed by atoms with Crippen molar-refractivity contribution in [3.63, 3.8) is 0 Å². The summed E-state index contributed by atoms with van der Waals surface area (Å²) in [6.45, 7) is 6.52. The van der Waals surface area contributed by atoms with Gasteiger partial charge in [-0.05, 0) is 18.9 Å². The molecule has 1 rings (SSSR count). The summed E-state index contributed by atoms with van der Waals surface area (Å²) in [6.07, 6.45) is 6.89. The average Bonchev–Trinajstić information content (AvgIpc) is 2.30. The minimum atomic E-state index is 0.0660. The van der Waals surface area contributed by atoms with Crippen LogP contribution in [-0.2, 0) is 11.3 Å². The van der Waals surface area contributed by atoms with Crippen molar-refractivity contribution >= 4 is 0 Å². The summed E-state index contributed by atoms with van der Waals surface area (Å²) in [7, 11) is 0. The lowest BCUT2D eigenvalue weighted by molar-refractivity contribution is 0.0602. The van der Waals surface area contributed by atoms with Crippen LogP contribution in [-0.4, -0.2) is 6.10 Å². The third kappa shape index (κ3) is 4.33. The molecule has 0 aromatic heterocycles. The number of rotatable bonds is 6. The van der Waals surface area contributed by atoms with E-state index in [1.165, 1.54) is 5.56 Å². The van der Waals surface area contributed by atoms with Crippen LogP contribution in [0.15, 0.2) is 42.5 Å². The predicted molar refractivity (Wildman–Crippen MR) is 67.9 cm³/mol. The summed E-state index contributed by atoms with van der Waals surface area (Å²) in [5, 5.41) is 0. The van der Waals surface area contributed by atoms with Gasteiger partial charge in [0.25, 0.3) is 0 Å². The zero-order chi connectivity index (χ0) is 11.8. The lowest BCUT2D eigenvalue weighted by Crippen LogP contribution is -2.13. The fourth-order valence-corrected chi connectivity index (χ4v) is 1.46. The molecule has 1 aromatic rings. The molecule has 0 saturated carbocycles. The van der Waals surface area contributed by atoms with E-state index in [1.54, 1.807) is 0 Å². The summed E-state index contributed by atoms with van der Waals surface area (Å²) < 4.78 is 5.80. The van der Waals surface area contributed by atoms with Gasteiger partial charge in [-0.15, -0.1) is 12.3 Å². The molecule has 0 fully saturated rings. The van der Waals surface area contributed by atoms with Crippen LogP contribution in [0.1, 0.15) is 25.3 Å². The van der Waals surface area contributed by atoms with Gasteiger partial charge in [0.05, 0.1) is 12.7 Å². The first kappa shape index (κ1) is 12.5. The van der Waals surface area contributed by atoms with Crippen molar-refractivity contribution in [2.75, 3.05) is 0 Å². The molecular formula is C15H18O. The molecule has 1 aromatic carbocycles. The Balaban J connectivity index is 2.44. The number of hydrogen-bond donors (Lipinski definition) is 0. The van der Waals surface area contributed by atoms with Crippen LogP contribution in [0.25, 0.3) is 0 Å². The largest absolute Gasteiger partial charge is 0.369 e. The fourth-order valence-electron chi connectivity index (χ4n) is 1.46. The maximum absolute atomic E-state index is 5.80. The van der Waals surface area contributed by atoms with E-state index in [-0.39, 0.29) is 6.10 Å². The number of hydrogen-bond acceptors (Lipinski definition) is 1. The molecule has 1 unspecified atom stereocenters. The molecule has 0 bridgehead atoms. The van der Waals surface area contributed by atoms with Crippen LogP contribution >= 0.6 is 0 Å². The molecule has 16 heavy (non-hydrogen) atoms. The Hall–Kier alpha value is -1.52. The van der Waals surface area contributed by atoms with E-state index in [0.29, 0.717) is 6.61 Å². The van der Waals surface area contributed by atoms with Crippen molar-refractivity contribution in [3.05, 3.63) is 48.0 Å². The van der Waals surface area contributed by atoms with Gasteiger partial charge in [0.15, 0.2) is 0 Å². The molecule has 0 aliphatic heterocycles. The van der Waals surface area contributed by atoms with Gasteiger partial charge in [0.1, 0.15) is 0 Å².